The minimum atomic E-state index is -0.0819. The summed E-state index contributed by atoms with van der Waals surface area (Å²) in [5.74, 6) is 1.43. The molecule has 0 radical (unpaired) electrons. The van der Waals surface area contributed by atoms with Gasteiger partial charge in [-0.05, 0) is 54.3 Å². The zero-order valence-electron chi connectivity index (χ0n) is 17.6. The molecule has 0 aromatic carbocycles. The molecule has 0 saturated carbocycles. The van der Waals surface area contributed by atoms with Gasteiger partial charge in [0, 0.05) is 9.75 Å². The van der Waals surface area contributed by atoms with Crippen LogP contribution < -0.4 is 10.9 Å². The molecule has 0 fully saturated rings. The van der Waals surface area contributed by atoms with E-state index in [2.05, 4.69) is 12.2 Å². The van der Waals surface area contributed by atoms with Gasteiger partial charge in [-0.15, -0.1) is 22.7 Å². The fourth-order valence-electron chi connectivity index (χ4n) is 3.99. The molecule has 4 heterocycles. The van der Waals surface area contributed by atoms with Crippen molar-refractivity contribution < 1.29 is 9.21 Å². The number of fused-ring (bicyclic) bond motifs is 3. The normalized spacial score (nSPS) is 15.7. The molecule has 1 amide bonds. The average Bonchev–Trinajstić information content (AvgIpc) is 3.53. The molecule has 0 bridgehead atoms. The summed E-state index contributed by atoms with van der Waals surface area (Å²) in [4.78, 5) is 34.0. The number of furan rings is 1. The standard InChI is InChI=1S/C23H23N3O3S3/c1-14-6-7-17-18(10-14)32-21-20(17)22(28)26(12-15-4-2-8-29-15)23(25-21)31-13-19(27)24-11-16-5-3-9-30-16/h2-5,8-9,14H,6-7,10-13H2,1H3,(H,24,27). The summed E-state index contributed by atoms with van der Waals surface area (Å²) in [6.45, 7) is 3.07. The van der Waals surface area contributed by atoms with Gasteiger partial charge >= 0.3 is 0 Å². The Kier molecular flexibility index (Phi) is 6.21. The highest BCUT2D eigenvalue weighted by molar-refractivity contribution is 7.99. The molecule has 1 unspecified atom stereocenters. The second-order valence-corrected chi connectivity index (χ2v) is 11.1. The lowest BCUT2D eigenvalue weighted by atomic mass is 9.89. The SMILES string of the molecule is CC1CCc2c(sc3nc(SCC(=O)NCc4cccs4)n(Cc4ccco4)c(=O)c23)C1. The Balaban J connectivity index is 1.44. The first-order valence-electron chi connectivity index (χ1n) is 10.6. The van der Waals surface area contributed by atoms with Crippen molar-refractivity contribution in [2.75, 3.05) is 5.75 Å². The monoisotopic (exact) mass is 485 g/mol. The van der Waals surface area contributed by atoms with Gasteiger partial charge in [0.1, 0.15) is 10.6 Å². The molecule has 9 heteroatoms. The van der Waals surface area contributed by atoms with Gasteiger partial charge in [-0.25, -0.2) is 4.98 Å². The molecule has 5 rings (SSSR count). The second-order valence-electron chi connectivity index (χ2n) is 8.04. The van der Waals surface area contributed by atoms with Gasteiger partial charge < -0.3 is 9.73 Å². The Hall–Kier alpha value is -2.36. The lowest BCUT2D eigenvalue weighted by Crippen LogP contribution is -2.27. The molecule has 166 valence electrons. The predicted molar refractivity (Wildman–Crippen MR) is 130 cm³/mol. The lowest BCUT2D eigenvalue weighted by molar-refractivity contribution is -0.118. The minimum absolute atomic E-state index is 0.0417. The van der Waals surface area contributed by atoms with Crippen LogP contribution in [0.3, 0.4) is 0 Å². The maximum Gasteiger partial charge on any atom is 0.263 e. The number of thiophene rings is 2. The van der Waals surface area contributed by atoms with E-state index in [1.807, 2.05) is 29.6 Å². The quantitative estimate of drug-likeness (QED) is 0.303. The summed E-state index contributed by atoms with van der Waals surface area (Å²) in [6, 6.07) is 7.62. The van der Waals surface area contributed by atoms with Crippen LogP contribution in [0.5, 0.6) is 0 Å². The number of aromatic nitrogens is 2. The Labute approximate surface area is 197 Å². The predicted octanol–water partition coefficient (Wildman–Crippen LogP) is 4.69. The fourth-order valence-corrected chi connectivity index (χ4v) is 6.89. The number of aryl methyl sites for hydroxylation is 1. The topological polar surface area (TPSA) is 77.1 Å². The molecule has 1 N–H and O–H groups in total. The van der Waals surface area contributed by atoms with Crippen LogP contribution in [0.4, 0.5) is 0 Å². The number of amides is 1. The van der Waals surface area contributed by atoms with Crippen LogP contribution in [0.2, 0.25) is 0 Å². The van der Waals surface area contributed by atoms with E-state index in [9.17, 15) is 9.59 Å². The maximum atomic E-state index is 13.6. The molecular formula is C23H23N3O3S3. The van der Waals surface area contributed by atoms with Crippen molar-refractivity contribution in [3.05, 3.63) is 67.3 Å². The molecule has 0 aliphatic heterocycles. The number of thioether (sulfide) groups is 1. The van der Waals surface area contributed by atoms with Crippen molar-refractivity contribution in [3.8, 4) is 0 Å². The highest BCUT2D eigenvalue weighted by Crippen LogP contribution is 2.36. The zero-order valence-corrected chi connectivity index (χ0v) is 20.1. The summed E-state index contributed by atoms with van der Waals surface area (Å²) in [5.41, 5.74) is 1.12. The Bertz CT molecular complexity index is 1290. The summed E-state index contributed by atoms with van der Waals surface area (Å²) in [6.07, 6.45) is 4.62. The summed E-state index contributed by atoms with van der Waals surface area (Å²) < 4.78 is 7.16. The van der Waals surface area contributed by atoms with Crippen LogP contribution in [0.1, 0.15) is 34.4 Å². The molecule has 32 heavy (non-hydrogen) atoms. The molecule has 6 nitrogen and oxygen atoms in total. The average molecular weight is 486 g/mol. The third kappa shape index (κ3) is 4.42. The Morgan fingerprint density at radius 3 is 3.06 bits per heavy atom. The van der Waals surface area contributed by atoms with Crippen molar-refractivity contribution >= 4 is 50.6 Å². The van der Waals surface area contributed by atoms with E-state index < -0.39 is 0 Å². The van der Waals surface area contributed by atoms with Gasteiger partial charge in [-0.2, -0.15) is 0 Å². The number of carbonyl (C=O) groups excluding carboxylic acids is 1. The number of rotatable bonds is 7. The molecule has 0 spiro atoms. The third-order valence-electron chi connectivity index (χ3n) is 5.65. The van der Waals surface area contributed by atoms with Crippen molar-refractivity contribution in [2.24, 2.45) is 5.92 Å². The van der Waals surface area contributed by atoms with E-state index in [-0.39, 0.29) is 17.2 Å². The van der Waals surface area contributed by atoms with Crippen LogP contribution in [0.25, 0.3) is 10.2 Å². The van der Waals surface area contributed by atoms with Gasteiger partial charge in [0.2, 0.25) is 5.91 Å². The van der Waals surface area contributed by atoms with Gasteiger partial charge in [0.25, 0.3) is 5.56 Å². The van der Waals surface area contributed by atoms with Crippen LogP contribution in [-0.4, -0.2) is 21.2 Å². The highest BCUT2D eigenvalue weighted by Gasteiger charge is 2.25. The number of nitrogens with zero attached hydrogens (tertiary/aromatic N) is 2. The third-order valence-corrected chi connectivity index (χ3v) is 8.65. The van der Waals surface area contributed by atoms with E-state index in [1.165, 1.54) is 22.2 Å². The van der Waals surface area contributed by atoms with Crippen LogP contribution in [-0.2, 0) is 30.7 Å². The van der Waals surface area contributed by atoms with E-state index in [4.69, 9.17) is 9.40 Å². The first-order valence-corrected chi connectivity index (χ1v) is 13.3. The second kappa shape index (κ2) is 9.25. The summed E-state index contributed by atoms with van der Waals surface area (Å²) in [5, 5.41) is 6.22. The first-order chi connectivity index (χ1) is 15.6. The highest BCUT2D eigenvalue weighted by atomic mass is 32.2. The largest absolute Gasteiger partial charge is 0.467 e. The van der Waals surface area contributed by atoms with Gasteiger partial charge in [0.15, 0.2) is 5.16 Å². The van der Waals surface area contributed by atoms with Crippen molar-refractivity contribution in [2.45, 2.75) is 44.4 Å². The molecule has 4 aromatic rings. The number of carbonyl (C=O) groups is 1. The minimum Gasteiger partial charge on any atom is -0.467 e. The van der Waals surface area contributed by atoms with E-state index in [1.54, 1.807) is 33.5 Å². The van der Waals surface area contributed by atoms with Crippen LogP contribution >= 0.6 is 34.4 Å². The van der Waals surface area contributed by atoms with E-state index in [0.29, 0.717) is 29.9 Å². The smallest absolute Gasteiger partial charge is 0.263 e. The molecule has 4 aromatic heterocycles. The van der Waals surface area contributed by atoms with Crippen molar-refractivity contribution in [1.29, 1.82) is 0 Å². The molecule has 1 atom stereocenters. The summed E-state index contributed by atoms with van der Waals surface area (Å²) in [7, 11) is 0. The molecule has 1 aliphatic rings. The first kappa shape index (κ1) is 21.5. The summed E-state index contributed by atoms with van der Waals surface area (Å²) >= 11 is 4.54. The molecule has 1 aliphatic carbocycles. The Morgan fingerprint density at radius 2 is 2.28 bits per heavy atom. The zero-order chi connectivity index (χ0) is 22.1. The number of hydrogen-bond acceptors (Lipinski definition) is 7. The fraction of sp³-hybridized carbons (Fsp3) is 0.348. The number of nitrogens with one attached hydrogen (secondary N) is 1. The van der Waals surface area contributed by atoms with Crippen LogP contribution in [0.15, 0.2) is 50.3 Å². The molecule has 0 saturated heterocycles. The van der Waals surface area contributed by atoms with E-state index in [0.717, 1.165) is 34.4 Å². The Morgan fingerprint density at radius 1 is 1.38 bits per heavy atom. The maximum absolute atomic E-state index is 13.6. The van der Waals surface area contributed by atoms with Gasteiger partial charge in [0.05, 0.1) is 30.5 Å². The molecular weight excluding hydrogens is 462 g/mol. The van der Waals surface area contributed by atoms with Crippen LogP contribution in [0, 0.1) is 5.92 Å². The lowest BCUT2D eigenvalue weighted by Gasteiger charge is -2.17. The van der Waals surface area contributed by atoms with E-state index >= 15 is 0 Å². The van der Waals surface area contributed by atoms with Gasteiger partial charge in [-0.1, -0.05) is 24.8 Å². The van der Waals surface area contributed by atoms with Crippen molar-refractivity contribution in [3.63, 3.8) is 0 Å². The van der Waals surface area contributed by atoms with Crippen molar-refractivity contribution in [1.82, 2.24) is 14.9 Å². The van der Waals surface area contributed by atoms with Gasteiger partial charge in [-0.3, -0.25) is 14.2 Å². The number of hydrogen-bond donors (Lipinski definition) is 1.